The van der Waals surface area contributed by atoms with E-state index in [4.69, 9.17) is 13.9 Å². The number of benzene rings is 3. The second kappa shape index (κ2) is 9.25. The first-order chi connectivity index (χ1) is 15.9. The first-order valence-corrected chi connectivity index (χ1v) is 10.7. The number of furan rings is 1. The van der Waals surface area contributed by atoms with Crippen molar-refractivity contribution in [2.75, 3.05) is 19.5 Å². The molecule has 0 radical (unpaired) electrons. The highest BCUT2D eigenvalue weighted by molar-refractivity contribution is 6.06. The summed E-state index contributed by atoms with van der Waals surface area (Å²) >= 11 is 0. The van der Waals surface area contributed by atoms with Gasteiger partial charge < -0.3 is 19.2 Å². The molecule has 0 bridgehead atoms. The third-order valence-electron chi connectivity index (χ3n) is 5.72. The highest BCUT2D eigenvalue weighted by atomic mass is 16.5. The van der Waals surface area contributed by atoms with E-state index in [1.54, 1.807) is 32.6 Å². The van der Waals surface area contributed by atoms with Crippen LogP contribution in [0.2, 0.25) is 0 Å². The molecule has 4 rings (SSSR count). The van der Waals surface area contributed by atoms with E-state index in [2.05, 4.69) is 36.5 Å². The summed E-state index contributed by atoms with van der Waals surface area (Å²) < 4.78 is 16.9. The Bertz CT molecular complexity index is 1350. The van der Waals surface area contributed by atoms with E-state index >= 15 is 0 Å². The monoisotopic (exact) mass is 441 g/mol. The summed E-state index contributed by atoms with van der Waals surface area (Å²) in [5.41, 5.74) is 7.25. The molecule has 0 aliphatic heterocycles. The van der Waals surface area contributed by atoms with E-state index in [0.717, 1.165) is 38.8 Å². The molecule has 0 fully saturated rings. The van der Waals surface area contributed by atoms with Crippen LogP contribution in [0.25, 0.3) is 27.7 Å². The number of carbonyl (C=O) groups is 1. The largest absolute Gasteiger partial charge is 0.497 e. The van der Waals surface area contributed by atoms with Gasteiger partial charge in [0.15, 0.2) is 0 Å². The maximum atomic E-state index is 12.7. The number of fused-ring (bicyclic) bond motifs is 1. The van der Waals surface area contributed by atoms with E-state index in [0.29, 0.717) is 17.2 Å². The molecule has 0 aliphatic carbocycles. The lowest BCUT2D eigenvalue weighted by Crippen LogP contribution is -2.08. The van der Waals surface area contributed by atoms with Gasteiger partial charge >= 0.3 is 0 Å². The van der Waals surface area contributed by atoms with Crippen LogP contribution in [0.5, 0.6) is 11.5 Å². The van der Waals surface area contributed by atoms with Crippen LogP contribution >= 0.6 is 0 Å². The normalized spacial score (nSPS) is 11.5. The van der Waals surface area contributed by atoms with Crippen molar-refractivity contribution in [1.82, 2.24) is 0 Å². The maximum Gasteiger partial charge on any atom is 0.248 e. The third-order valence-corrected chi connectivity index (χ3v) is 5.72. The molecular formula is C28H27NO4. The average molecular weight is 442 g/mol. The van der Waals surface area contributed by atoms with Crippen LogP contribution in [0.3, 0.4) is 0 Å². The van der Waals surface area contributed by atoms with Gasteiger partial charge in [0.25, 0.3) is 0 Å². The van der Waals surface area contributed by atoms with Crippen molar-refractivity contribution in [2.24, 2.45) is 0 Å². The van der Waals surface area contributed by atoms with Crippen LogP contribution in [0.15, 0.2) is 71.4 Å². The molecule has 4 aromatic rings. The molecule has 1 aromatic heterocycles. The molecule has 0 saturated heterocycles. The molecule has 0 aliphatic rings. The summed E-state index contributed by atoms with van der Waals surface area (Å²) in [6.07, 6.45) is 3.36. The summed E-state index contributed by atoms with van der Waals surface area (Å²) in [6.45, 7) is 5.94. The molecule has 168 valence electrons. The molecule has 1 heterocycles. The number of aryl methyl sites for hydroxylation is 2. The van der Waals surface area contributed by atoms with Crippen molar-refractivity contribution in [3.63, 3.8) is 0 Å². The van der Waals surface area contributed by atoms with Gasteiger partial charge in [0.2, 0.25) is 5.91 Å². The van der Waals surface area contributed by atoms with Gasteiger partial charge in [-0.25, -0.2) is 0 Å². The van der Waals surface area contributed by atoms with Crippen LogP contribution in [0, 0.1) is 13.8 Å². The van der Waals surface area contributed by atoms with Gasteiger partial charge in [-0.1, -0.05) is 35.9 Å². The van der Waals surface area contributed by atoms with E-state index in [9.17, 15) is 4.79 Å². The first-order valence-electron chi connectivity index (χ1n) is 10.7. The molecule has 33 heavy (non-hydrogen) atoms. The molecule has 0 saturated carbocycles. The second-order valence-electron chi connectivity index (χ2n) is 8.02. The van der Waals surface area contributed by atoms with E-state index < -0.39 is 0 Å². The number of amides is 1. The molecular weight excluding hydrogens is 414 g/mol. The standard InChI is InChI=1S/C28H27NO4/c1-17-9-11-20(12-10-17)25-16-33-28-19(3)27(32-5)23(15-24(25)28)18(2)13-26(30)29-21-7-6-8-22(14-21)31-4/h6-16H,1-5H3,(H,29,30)/b18-13+. The summed E-state index contributed by atoms with van der Waals surface area (Å²) in [5.74, 6) is 1.14. The predicted octanol–water partition coefficient (Wildman–Crippen LogP) is 6.78. The van der Waals surface area contributed by atoms with E-state index in [-0.39, 0.29) is 5.91 Å². The Labute approximate surface area is 193 Å². The minimum Gasteiger partial charge on any atom is -0.497 e. The number of carbonyl (C=O) groups excluding carboxylic acids is 1. The number of anilines is 1. The van der Waals surface area contributed by atoms with Crippen molar-refractivity contribution < 1.29 is 18.7 Å². The zero-order chi connectivity index (χ0) is 23.5. The summed E-state index contributed by atoms with van der Waals surface area (Å²) in [4.78, 5) is 12.7. The first kappa shape index (κ1) is 22.2. The second-order valence-corrected chi connectivity index (χ2v) is 8.02. The lowest BCUT2D eigenvalue weighted by atomic mass is 9.96. The van der Waals surface area contributed by atoms with Gasteiger partial charge in [-0.15, -0.1) is 0 Å². The minimum absolute atomic E-state index is 0.230. The van der Waals surface area contributed by atoms with Crippen LogP contribution < -0.4 is 14.8 Å². The number of methoxy groups -OCH3 is 2. The van der Waals surface area contributed by atoms with Gasteiger partial charge in [-0.3, -0.25) is 4.79 Å². The lowest BCUT2D eigenvalue weighted by Gasteiger charge is -2.13. The molecule has 5 heteroatoms. The zero-order valence-electron chi connectivity index (χ0n) is 19.5. The number of hydrogen-bond donors (Lipinski definition) is 1. The number of ether oxygens (including phenoxy) is 2. The van der Waals surface area contributed by atoms with Gasteiger partial charge in [-0.2, -0.15) is 0 Å². The Morgan fingerprint density at radius 2 is 1.76 bits per heavy atom. The fourth-order valence-electron chi connectivity index (χ4n) is 3.98. The Morgan fingerprint density at radius 1 is 1.00 bits per heavy atom. The number of nitrogens with one attached hydrogen (secondary N) is 1. The van der Waals surface area contributed by atoms with Gasteiger partial charge in [-0.05, 0) is 50.1 Å². The summed E-state index contributed by atoms with van der Waals surface area (Å²) in [5, 5.41) is 3.87. The fraction of sp³-hybridized carbons (Fsp3) is 0.179. The minimum atomic E-state index is -0.230. The summed E-state index contributed by atoms with van der Waals surface area (Å²) in [6, 6.07) is 17.6. The van der Waals surface area contributed by atoms with E-state index in [1.807, 2.05) is 38.1 Å². The van der Waals surface area contributed by atoms with Crippen molar-refractivity contribution in [1.29, 1.82) is 0 Å². The van der Waals surface area contributed by atoms with Crippen molar-refractivity contribution >= 4 is 28.1 Å². The molecule has 0 spiro atoms. The topological polar surface area (TPSA) is 60.7 Å². The average Bonchev–Trinajstić information content (AvgIpc) is 3.24. The Morgan fingerprint density at radius 3 is 2.45 bits per heavy atom. The van der Waals surface area contributed by atoms with Gasteiger partial charge in [0.05, 0.1) is 20.5 Å². The van der Waals surface area contributed by atoms with Gasteiger partial charge in [0.1, 0.15) is 17.1 Å². The smallest absolute Gasteiger partial charge is 0.248 e. The molecule has 1 amide bonds. The van der Waals surface area contributed by atoms with E-state index in [1.165, 1.54) is 5.56 Å². The van der Waals surface area contributed by atoms with Crippen LogP contribution in [0.1, 0.15) is 23.6 Å². The van der Waals surface area contributed by atoms with Crippen LogP contribution in [-0.2, 0) is 4.79 Å². The Kier molecular flexibility index (Phi) is 6.22. The zero-order valence-corrected chi connectivity index (χ0v) is 19.5. The molecule has 5 nitrogen and oxygen atoms in total. The quantitative estimate of drug-likeness (QED) is 0.335. The van der Waals surface area contributed by atoms with Gasteiger partial charge in [0, 0.05) is 39.9 Å². The Hall–Kier alpha value is -3.99. The number of hydrogen-bond acceptors (Lipinski definition) is 4. The predicted molar refractivity (Wildman–Crippen MR) is 133 cm³/mol. The van der Waals surface area contributed by atoms with Crippen molar-refractivity contribution in [3.05, 3.63) is 83.6 Å². The van der Waals surface area contributed by atoms with Crippen molar-refractivity contribution in [2.45, 2.75) is 20.8 Å². The maximum absolute atomic E-state index is 12.7. The van der Waals surface area contributed by atoms with Crippen LogP contribution in [0.4, 0.5) is 5.69 Å². The van der Waals surface area contributed by atoms with Crippen LogP contribution in [-0.4, -0.2) is 20.1 Å². The molecule has 0 atom stereocenters. The molecule has 3 aromatic carbocycles. The lowest BCUT2D eigenvalue weighted by molar-refractivity contribution is -0.111. The molecule has 1 N–H and O–H groups in total. The van der Waals surface area contributed by atoms with Crippen molar-refractivity contribution in [3.8, 4) is 22.6 Å². The highest BCUT2D eigenvalue weighted by Gasteiger charge is 2.19. The number of rotatable bonds is 6. The summed E-state index contributed by atoms with van der Waals surface area (Å²) in [7, 11) is 3.22. The fourth-order valence-corrected chi connectivity index (χ4v) is 3.98. The molecule has 0 unspecified atom stereocenters. The SMILES string of the molecule is COc1cccc(NC(=O)/C=C(\C)c2cc3c(-c4ccc(C)cc4)coc3c(C)c2OC)c1. The Balaban J connectivity index is 1.74. The highest BCUT2D eigenvalue weighted by Crippen LogP contribution is 2.40. The number of allylic oxidation sites excluding steroid dienone is 1. The third kappa shape index (κ3) is 4.48.